The molecule has 0 saturated heterocycles. The predicted molar refractivity (Wildman–Crippen MR) is 60.3 cm³/mol. The molecule has 106 valence electrons. The fourth-order valence-corrected chi connectivity index (χ4v) is 1.61. The van der Waals surface area contributed by atoms with Crippen LogP contribution in [0.4, 0.5) is 13.2 Å². The van der Waals surface area contributed by atoms with Crippen LogP contribution in [0.2, 0.25) is 0 Å². The molecule has 0 amide bonds. The van der Waals surface area contributed by atoms with Crippen LogP contribution in [0.25, 0.3) is 11.3 Å². The van der Waals surface area contributed by atoms with Gasteiger partial charge in [0.05, 0.1) is 0 Å². The average Bonchev–Trinajstić information content (AvgIpc) is 2.70. The van der Waals surface area contributed by atoms with Gasteiger partial charge in [-0.2, -0.15) is 0 Å². The van der Waals surface area contributed by atoms with E-state index in [4.69, 9.17) is 9.63 Å². The van der Waals surface area contributed by atoms with Gasteiger partial charge in [0.25, 0.3) is 0 Å². The van der Waals surface area contributed by atoms with E-state index in [1.807, 2.05) is 0 Å². The van der Waals surface area contributed by atoms with Gasteiger partial charge in [0.15, 0.2) is 11.5 Å². The third kappa shape index (κ3) is 2.90. The second-order valence-corrected chi connectivity index (χ2v) is 3.86. The van der Waals surface area contributed by atoms with Crippen LogP contribution < -0.4 is 4.74 Å². The molecule has 0 aliphatic heterocycles. The topological polar surface area (TPSA) is 72.6 Å². The number of rotatable bonds is 3. The zero-order valence-electron chi connectivity index (χ0n) is 10.1. The Morgan fingerprint density at radius 2 is 1.90 bits per heavy atom. The fourth-order valence-electron chi connectivity index (χ4n) is 1.61. The van der Waals surface area contributed by atoms with Gasteiger partial charge < -0.3 is 14.4 Å². The van der Waals surface area contributed by atoms with Crippen LogP contribution in [-0.2, 0) is 0 Å². The van der Waals surface area contributed by atoms with Crippen LogP contribution in [0.15, 0.2) is 28.8 Å². The van der Waals surface area contributed by atoms with Gasteiger partial charge in [-0.15, -0.1) is 13.2 Å². The highest BCUT2D eigenvalue weighted by Gasteiger charge is 2.31. The Morgan fingerprint density at radius 1 is 1.30 bits per heavy atom. The number of alkyl halides is 3. The lowest BCUT2D eigenvalue weighted by molar-refractivity contribution is -0.274. The molecule has 1 aromatic carbocycles. The van der Waals surface area contributed by atoms with E-state index in [-0.39, 0.29) is 17.2 Å². The summed E-state index contributed by atoms with van der Waals surface area (Å²) in [4.78, 5) is 10.8. The minimum atomic E-state index is -4.76. The number of hydrogen-bond acceptors (Lipinski definition) is 4. The minimum Gasteiger partial charge on any atom is -0.476 e. The molecule has 0 bridgehead atoms. The molecule has 0 aliphatic rings. The molecule has 1 aromatic heterocycles. The Balaban J connectivity index is 2.29. The number of hydrogen-bond donors (Lipinski definition) is 1. The normalized spacial score (nSPS) is 11.4. The highest BCUT2D eigenvalue weighted by Crippen LogP contribution is 2.29. The molecule has 0 spiro atoms. The summed E-state index contributed by atoms with van der Waals surface area (Å²) in [7, 11) is 0. The van der Waals surface area contributed by atoms with E-state index in [0.717, 1.165) is 12.1 Å². The number of benzene rings is 1. The Labute approximate surface area is 110 Å². The van der Waals surface area contributed by atoms with Crippen molar-refractivity contribution >= 4 is 5.97 Å². The molecule has 1 heterocycles. The van der Waals surface area contributed by atoms with E-state index in [9.17, 15) is 18.0 Å². The third-order valence-corrected chi connectivity index (χ3v) is 2.48. The van der Waals surface area contributed by atoms with Crippen LogP contribution in [0.3, 0.4) is 0 Å². The smallest absolute Gasteiger partial charge is 0.476 e. The summed E-state index contributed by atoms with van der Waals surface area (Å²) in [5, 5.41) is 12.2. The SMILES string of the molecule is Cc1c(C(=O)O)noc1-c1ccc(OC(F)(F)F)cc1. The Morgan fingerprint density at radius 3 is 2.35 bits per heavy atom. The van der Waals surface area contributed by atoms with E-state index in [1.54, 1.807) is 0 Å². The lowest BCUT2D eigenvalue weighted by atomic mass is 10.1. The van der Waals surface area contributed by atoms with E-state index in [0.29, 0.717) is 11.1 Å². The zero-order chi connectivity index (χ0) is 14.9. The number of aromatic carboxylic acids is 1. The van der Waals surface area contributed by atoms with Crippen molar-refractivity contribution < 1.29 is 32.3 Å². The minimum absolute atomic E-state index is 0.181. The number of carboxylic acids is 1. The fraction of sp³-hybridized carbons (Fsp3) is 0.167. The summed E-state index contributed by atoms with van der Waals surface area (Å²) in [6.07, 6.45) is -4.76. The Hall–Kier alpha value is -2.51. The molecule has 1 N–H and O–H groups in total. The van der Waals surface area contributed by atoms with Crippen LogP contribution in [-0.4, -0.2) is 22.6 Å². The Bertz CT molecular complexity index is 631. The molecule has 0 fully saturated rings. The number of halogens is 3. The van der Waals surface area contributed by atoms with Crippen molar-refractivity contribution in [3.63, 3.8) is 0 Å². The van der Waals surface area contributed by atoms with Crippen LogP contribution in [0, 0.1) is 6.92 Å². The van der Waals surface area contributed by atoms with Gasteiger partial charge in [0.1, 0.15) is 5.75 Å². The first-order valence-electron chi connectivity index (χ1n) is 5.33. The highest BCUT2D eigenvalue weighted by atomic mass is 19.4. The molecule has 8 heteroatoms. The van der Waals surface area contributed by atoms with Crippen molar-refractivity contribution in [1.82, 2.24) is 5.16 Å². The van der Waals surface area contributed by atoms with Crippen molar-refractivity contribution in [3.8, 4) is 17.1 Å². The number of nitrogens with zero attached hydrogens (tertiary/aromatic N) is 1. The maximum absolute atomic E-state index is 12.0. The summed E-state index contributed by atoms with van der Waals surface area (Å²) >= 11 is 0. The number of carbonyl (C=O) groups is 1. The monoisotopic (exact) mass is 287 g/mol. The van der Waals surface area contributed by atoms with Crippen molar-refractivity contribution in [2.75, 3.05) is 0 Å². The van der Waals surface area contributed by atoms with Crippen molar-refractivity contribution in [2.45, 2.75) is 13.3 Å². The van der Waals surface area contributed by atoms with Gasteiger partial charge in [-0.1, -0.05) is 5.16 Å². The number of ether oxygens (including phenoxy) is 1. The standard InChI is InChI=1S/C12H8F3NO4/c1-6-9(11(17)18)16-20-10(6)7-2-4-8(5-3-7)19-12(13,14)15/h2-5H,1H3,(H,17,18). The van der Waals surface area contributed by atoms with E-state index in [2.05, 4.69) is 9.89 Å². The third-order valence-electron chi connectivity index (χ3n) is 2.48. The maximum atomic E-state index is 12.0. The van der Waals surface area contributed by atoms with Crippen LogP contribution in [0.1, 0.15) is 16.1 Å². The first kappa shape index (κ1) is 13.9. The summed E-state index contributed by atoms with van der Waals surface area (Å²) in [5.41, 5.74) is 0.453. The summed E-state index contributed by atoms with van der Waals surface area (Å²) in [5.74, 6) is -1.44. The lowest BCUT2D eigenvalue weighted by Gasteiger charge is -2.08. The Kier molecular flexibility index (Phi) is 3.39. The maximum Gasteiger partial charge on any atom is 0.573 e. The van der Waals surface area contributed by atoms with Gasteiger partial charge in [0, 0.05) is 11.1 Å². The average molecular weight is 287 g/mol. The molecular weight excluding hydrogens is 279 g/mol. The van der Waals surface area contributed by atoms with Gasteiger partial charge >= 0.3 is 12.3 Å². The van der Waals surface area contributed by atoms with E-state index in [1.165, 1.54) is 19.1 Å². The van der Waals surface area contributed by atoms with Crippen molar-refractivity contribution in [3.05, 3.63) is 35.5 Å². The van der Waals surface area contributed by atoms with Crippen molar-refractivity contribution in [2.24, 2.45) is 0 Å². The zero-order valence-corrected chi connectivity index (χ0v) is 10.1. The first-order valence-corrected chi connectivity index (χ1v) is 5.33. The molecule has 2 rings (SSSR count). The molecule has 0 aliphatic carbocycles. The van der Waals surface area contributed by atoms with Crippen molar-refractivity contribution in [1.29, 1.82) is 0 Å². The van der Waals surface area contributed by atoms with Crippen LogP contribution >= 0.6 is 0 Å². The second-order valence-electron chi connectivity index (χ2n) is 3.86. The molecule has 5 nitrogen and oxygen atoms in total. The summed E-state index contributed by atoms with van der Waals surface area (Å²) in [6, 6.07) is 4.84. The van der Waals surface area contributed by atoms with Gasteiger partial charge in [-0.05, 0) is 31.2 Å². The summed E-state index contributed by atoms with van der Waals surface area (Å²) < 4.78 is 44.6. The molecule has 20 heavy (non-hydrogen) atoms. The summed E-state index contributed by atoms with van der Waals surface area (Å²) in [6.45, 7) is 1.50. The number of aromatic nitrogens is 1. The second kappa shape index (κ2) is 4.87. The first-order chi connectivity index (χ1) is 9.28. The molecule has 0 unspecified atom stereocenters. The molecule has 0 radical (unpaired) electrons. The molecule has 0 saturated carbocycles. The van der Waals surface area contributed by atoms with E-state index >= 15 is 0 Å². The molecular formula is C12H8F3NO4. The van der Waals surface area contributed by atoms with E-state index < -0.39 is 12.3 Å². The van der Waals surface area contributed by atoms with Gasteiger partial charge in [-0.25, -0.2) is 4.79 Å². The lowest BCUT2D eigenvalue weighted by Crippen LogP contribution is -2.16. The molecule has 2 aromatic rings. The molecule has 0 atom stereocenters. The quantitative estimate of drug-likeness (QED) is 0.938. The van der Waals surface area contributed by atoms with Crippen LogP contribution in [0.5, 0.6) is 5.75 Å². The largest absolute Gasteiger partial charge is 0.573 e. The van der Waals surface area contributed by atoms with Gasteiger partial charge in [-0.3, -0.25) is 0 Å². The highest BCUT2D eigenvalue weighted by molar-refractivity contribution is 5.88. The van der Waals surface area contributed by atoms with Gasteiger partial charge in [0.2, 0.25) is 0 Å². The predicted octanol–water partition coefficient (Wildman–Crippen LogP) is 3.25. The number of carboxylic acid groups (broad SMARTS) is 1.